The fourth-order valence-electron chi connectivity index (χ4n) is 2.98. The van der Waals surface area contributed by atoms with Crippen LogP contribution in [0.4, 0.5) is 5.69 Å². The molecule has 1 aromatic rings. The first kappa shape index (κ1) is 13.6. The molecule has 2 aliphatic rings. The van der Waals surface area contributed by atoms with Crippen molar-refractivity contribution >= 4 is 29.0 Å². The molecule has 1 amide bonds. The van der Waals surface area contributed by atoms with Gasteiger partial charge in [-0.05, 0) is 51.0 Å². The molecule has 1 fully saturated rings. The number of benzene rings is 1. The van der Waals surface area contributed by atoms with Crippen LogP contribution in [0.3, 0.4) is 0 Å². The predicted octanol–water partition coefficient (Wildman–Crippen LogP) is 2.36. The topological polar surface area (TPSA) is 40.6 Å². The smallest absolute Gasteiger partial charge is 0.299 e. The van der Waals surface area contributed by atoms with Crippen LogP contribution in [0.5, 0.6) is 0 Å². The summed E-state index contributed by atoms with van der Waals surface area (Å²) < 4.78 is 0. The van der Waals surface area contributed by atoms with Gasteiger partial charge in [0.15, 0.2) is 0 Å². The van der Waals surface area contributed by atoms with Crippen molar-refractivity contribution < 1.29 is 9.59 Å². The van der Waals surface area contributed by atoms with Crippen LogP contribution in [-0.4, -0.2) is 42.8 Å². The van der Waals surface area contributed by atoms with E-state index >= 15 is 0 Å². The Morgan fingerprint density at radius 3 is 2.60 bits per heavy atom. The summed E-state index contributed by atoms with van der Waals surface area (Å²) >= 11 is 6.02. The number of rotatable bonds is 4. The second kappa shape index (κ2) is 5.54. The number of fused-ring (bicyclic) bond motifs is 1. The molecular formula is C15H17ClN2O2. The number of hydrogen-bond acceptors (Lipinski definition) is 3. The molecule has 20 heavy (non-hydrogen) atoms. The quantitative estimate of drug-likeness (QED) is 0.800. The maximum Gasteiger partial charge on any atom is 0.299 e. The Hall–Kier alpha value is -1.39. The molecule has 0 bridgehead atoms. The van der Waals surface area contributed by atoms with E-state index in [1.54, 1.807) is 23.1 Å². The van der Waals surface area contributed by atoms with Crippen LogP contribution in [0.15, 0.2) is 18.2 Å². The summed E-state index contributed by atoms with van der Waals surface area (Å²) in [4.78, 5) is 28.0. The van der Waals surface area contributed by atoms with E-state index in [-0.39, 0.29) is 0 Å². The molecule has 4 nitrogen and oxygen atoms in total. The van der Waals surface area contributed by atoms with E-state index in [4.69, 9.17) is 11.6 Å². The van der Waals surface area contributed by atoms with Gasteiger partial charge in [0.2, 0.25) is 0 Å². The number of nitrogens with zero attached hydrogens (tertiary/aromatic N) is 2. The first-order chi connectivity index (χ1) is 9.68. The lowest BCUT2D eigenvalue weighted by Crippen LogP contribution is -2.33. The lowest BCUT2D eigenvalue weighted by atomic mass is 10.1. The molecule has 0 aliphatic carbocycles. The van der Waals surface area contributed by atoms with Gasteiger partial charge in [0, 0.05) is 6.54 Å². The van der Waals surface area contributed by atoms with Crippen LogP contribution in [0.1, 0.15) is 29.6 Å². The van der Waals surface area contributed by atoms with E-state index in [0.29, 0.717) is 22.8 Å². The molecule has 106 valence electrons. The van der Waals surface area contributed by atoms with Crippen molar-refractivity contribution in [2.75, 3.05) is 31.1 Å². The average molecular weight is 293 g/mol. The molecule has 0 N–H and O–H groups in total. The normalized spacial score (nSPS) is 18.9. The Morgan fingerprint density at radius 2 is 1.85 bits per heavy atom. The summed E-state index contributed by atoms with van der Waals surface area (Å²) in [5.41, 5.74) is 1.02. The van der Waals surface area contributed by atoms with Gasteiger partial charge in [-0.3, -0.25) is 9.59 Å². The lowest BCUT2D eigenvalue weighted by molar-refractivity contribution is -0.114. The number of likely N-dealkylation sites (tertiary alicyclic amines) is 1. The summed E-state index contributed by atoms with van der Waals surface area (Å²) in [6.45, 7) is 3.85. The number of carbonyl (C=O) groups is 2. The number of amides is 1. The fraction of sp³-hybridized carbons (Fsp3) is 0.467. The summed E-state index contributed by atoms with van der Waals surface area (Å²) in [6, 6.07) is 5.22. The molecule has 0 atom stereocenters. The third-order valence-electron chi connectivity index (χ3n) is 4.00. The first-order valence-electron chi connectivity index (χ1n) is 7.05. The minimum Gasteiger partial charge on any atom is -0.305 e. The molecule has 0 saturated carbocycles. The van der Waals surface area contributed by atoms with Gasteiger partial charge in [0.1, 0.15) is 0 Å². The van der Waals surface area contributed by atoms with E-state index in [1.165, 1.54) is 12.8 Å². The number of ketones is 1. The van der Waals surface area contributed by atoms with Crippen molar-refractivity contribution in [3.8, 4) is 0 Å². The van der Waals surface area contributed by atoms with Crippen molar-refractivity contribution in [2.24, 2.45) is 0 Å². The number of carbonyl (C=O) groups excluding carboxylic acids is 2. The summed E-state index contributed by atoms with van der Waals surface area (Å²) in [7, 11) is 0. The minimum atomic E-state index is -0.480. The number of Topliss-reactive ketones (excluding diaryl/α,β-unsaturated/α-hetero) is 1. The fourth-order valence-corrected chi connectivity index (χ4v) is 3.24. The van der Waals surface area contributed by atoms with Crippen molar-refractivity contribution in [1.82, 2.24) is 4.90 Å². The van der Waals surface area contributed by atoms with Gasteiger partial charge in [-0.25, -0.2) is 0 Å². The van der Waals surface area contributed by atoms with Crippen molar-refractivity contribution in [3.63, 3.8) is 0 Å². The van der Waals surface area contributed by atoms with E-state index in [9.17, 15) is 9.59 Å². The van der Waals surface area contributed by atoms with Gasteiger partial charge in [-0.2, -0.15) is 0 Å². The summed E-state index contributed by atoms with van der Waals surface area (Å²) in [5.74, 6) is -0.929. The Balaban J connectivity index is 1.69. The third kappa shape index (κ3) is 2.34. The Bertz CT molecular complexity index is 553. The van der Waals surface area contributed by atoms with Gasteiger partial charge in [0.25, 0.3) is 11.7 Å². The highest BCUT2D eigenvalue weighted by atomic mass is 35.5. The maximum absolute atomic E-state index is 12.0. The third-order valence-corrected chi connectivity index (χ3v) is 4.32. The molecule has 3 rings (SSSR count). The Kier molecular flexibility index (Phi) is 3.76. The largest absolute Gasteiger partial charge is 0.305 e. The Labute approximate surface area is 123 Å². The number of anilines is 1. The van der Waals surface area contributed by atoms with Crippen LogP contribution >= 0.6 is 11.6 Å². The molecule has 0 spiro atoms. The molecule has 0 unspecified atom stereocenters. The van der Waals surface area contributed by atoms with Crippen LogP contribution in [0.2, 0.25) is 5.02 Å². The molecule has 1 saturated heterocycles. The first-order valence-corrected chi connectivity index (χ1v) is 7.43. The molecule has 5 heteroatoms. The van der Waals surface area contributed by atoms with Crippen molar-refractivity contribution in [1.29, 1.82) is 0 Å². The van der Waals surface area contributed by atoms with Crippen molar-refractivity contribution in [3.05, 3.63) is 28.8 Å². The molecule has 0 radical (unpaired) electrons. The van der Waals surface area contributed by atoms with Gasteiger partial charge in [-0.15, -0.1) is 0 Å². The molecule has 2 heterocycles. The standard InChI is InChI=1S/C15H17ClN2O2/c16-11-5-3-6-12-13(11)14(19)15(20)18(12)10-4-9-17-7-1-2-8-17/h3,5-6H,1-2,4,7-10H2. The Morgan fingerprint density at radius 1 is 1.10 bits per heavy atom. The highest BCUT2D eigenvalue weighted by molar-refractivity contribution is 6.55. The molecule has 0 aromatic heterocycles. The van der Waals surface area contributed by atoms with Gasteiger partial charge < -0.3 is 9.80 Å². The van der Waals surface area contributed by atoms with Crippen LogP contribution < -0.4 is 4.90 Å². The summed E-state index contributed by atoms with van der Waals surface area (Å²) in [5, 5.41) is 0.364. The van der Waals surface area contributed by atoms with Crippen LogP contribution in [0.25, 0.3) is 0 Å². The van der Waals surface area contributed by atoms with Crippen LogP contribution in [0, 0.1) is 0 Å². The van der Waals surface area contributed by atoms with E-state index in [1.807, 2.05) is 0 Å². The molecule has 2 aliphatic heterocycles. The molecule has 1 aromatic carbocycles. The van der Waals surface area contributed by atoms with E-state index in [0.717, 1.165) is 26.1 Å². The predicted molar refractivity (Wildman–Crippen MR) is 78.4 cm³/mol. The minimum absolute atomic E-state index is 0.361. The van der Waals surface area contributed by atoms with Gasteiger partial charge in [0.05, 0.1) is 16.3 Å². The zero-order valence-electron chi connectivity index (χ0n) is 11.3. The van der Waals surface area contributed by atoms with Gasteiger partial charge in [-0.1, -0.05) is 17.7 Å². The second-order valence-corrected chi connectivity index (χ2v) is 5.73. The average Bonchev–Trinajstić information content (AvgIpc) is 3.02. The SMILES string of the molecule is O=C1C(=O)N(CCCN2CCCC2)c2cccc(Cl)c21. The van der Waals surface area contributed by atoms with Gasteiger partial charge >= 0.3 is 0 Å². The van der Waals surface area contributed by atoms with E-state index in [2.05, 4.69) is 4.90 Å². The zero-order chi connectivity index (χ0) is 14.1. The summed E-state index contributed by atoms with van der Waals surface area (Å²) in [6.07, 6.45) is 3.41. The lowest BCUT2D eigenvalue weighted by Gasteiger charge is -2.19. The maximum atomic E-state index is 12.0. The molecular weight excluding hydrogens is 276 g/mol. The number of halogens is 1. The van der Waals surface area contributed by atoms with Crippen LogP contribution in [-0.2, 0) is 4.79 Å². The monoisotopic (exact) mass is 292 g/mol. The number of hydrogen-bond donors (Lipinski definition) is 0. The van der Waals surface area contributed by atoms with E-state index < -0.39 is 11.7 Å². The highest BCUT2D eigenvalue weighted by Crippen LogP contribution is 2.34. The second-order valence-electron chi connectivity index (χ2n) is 5.32. The zero-order valence-corrected chi connectivity index (χ0v) is 12.0. The highest BCUT2D eigenvalue weighted by Gasteiger charge is 2.37. The van der Waals surface area contributed by atoms with Crippen molar-refractivity contribution in [2.45, 2.75) is 19.3 Å².